The molecule has 1 rings (SSSR count). The second kappa shape index (κ2) is 5.84. The molecule has 90 valence electrons. The first kappa shape index (κ1) is 13.0. The van der Waals surface area contributed by atoms with Crippen molar-refractivity contribution < 1.29 is 13.2 Å². The number of alkyl halides is 3. The predicted octanol–water partition coefficient (Wildman–Crippen LogP) is 2.55. The average molecular weight is 232 g/mol. The fourth-order valence-electron chi connectivity index (χ4n) is 1.46. The van der Waals surface area contributed by atoms with E-state index in [1.165, 1.54) is 0 Å². The van der Waals surface area contributed by atoms with Gasteiger partial charge in [-0.3, -0.25) is 4.98 Å². The van der Waals surface area contributed by atoms with E-state index >= 15 is 0 Å². The molecule has 0 saturated heterocycles. The van der Waals surface area contributed by atoms with E-state index in [1.807, 2.05) is 12.1 Å². The van der Waals surface area contributed by atoms with Gasteiger partial charge in [0.1, 0.15) is 0 Å². The van der Waals surface area contributed by atoms with Gasteiger partial charge in [0.15, 0.2) is 0 Å². The highest BCUT2D eigenvalue weighted by atomic mass is 19.4. The number of hydrogen-bond donors (Lipinski definition) is 1. The van der Waals surface area contributed by atoms with E-state index < -0.39 is 12.6 Å². The zero-order valence-corrected chi connectivity index (χ0v) is 9.09. The third-order valence-electron chi connectivity index (χ3n) is 2.37. The zero-order valence-electron chi connectivity index (χ0n) is 9.09. The number of halogens is 3. The Kier molecular flexibility index (Phi) is 4.73. The summed E-state index contributed by atoms with van der Waals surface area (Å²) >= 11 is 0. The quantitative estimate of drug-likeness (QED) is 0.843. The van der Waals surface area contributed by atoms with Crippen LogP contribution in [-0.2, 0) is 6.42 Å². The molecule has 0 aliphatic heterocycles. The SMILES string of the molecule is CNC(CCC(F)(F)F)Cc1ccccn1. The molecule has 0 aliphatic rings. The largest absolute Gasteiger partial charge is 0.389 e. The van der Waals surface area contributed by atoms with Gasteiger partial charge in [0.05, 0.1) is 0 Å². The molecule has 2 nitrogen and oxygen atoms in total. The van der Waals surface area contributed by atoms with Crippen LogP contribution in [0, 0.1) is 0 Å². The van der Waals surface area contributed by atoms with Crippen molar-refractivity contribution in [2.24, 2.45) is 0 Å². The molecule has 0 saturated carbocycles. The predicted molar refractivity (Wildman–Crippen MR) is 56.1 cm³/mol. The van der Waals surface area contributed by atoms with Crippen LogP contribution in [0.5, 0.6) is 0 Å². The third-order valence-corrected chi connectivity index (χ3v) is 2.37. The van der Waals surface area contributed by atoms with Crippen molar-refractivity contribution in [3.05, 3.63) is 30.1 Å². The highest BCUT2D eigenvalue weighted by Gasteiger charge is 2.28. The maximum atomic E-state index is 12.0. The number of hydrogen-bond acceptors (Lipinski definition) is 2. The summed E-state index contributed by atoms with van der Waals surface area (Å²) in [7, 11) is 1.67. The maximum absolute atomic E-state index is 12.0. The lowest BCUT2D eigenvalue weighted by molar-refractivity contribution is -0.136. The molecule has 0 spiro atoms. The van der Waals surface area contributed by atoms with Gasteiger partial charge >= 0.3 is 6.18 Å². The number of likely N-dealkylation sites (N-methyl/N-ethyl adjacent to an activating group) is 1. The molecule has 1 aromatic heterocycles. The van der Waals surface area contributed by atoms with Crippen molar-refractivity contribution >= 4 is 0 Å². The van der Waals surface area contributed by atoms with Crippen molar-refractivity contribution in [1.29, 1.82) is 0 Å². The normalized spacial score (nSPS) is 13.8. The lowest BCUT2D eigenvalue weighted by Gasteiger charge is -2.16. The van der Waals surface area contributed by atoms with Gasteiger partial charge in [-0.2, -0.15) is 13.2 Å². The number of nitrogens with one attached hydrogen (secondary N) is 1. The molecule has 1 atom stereocenters. The Labute approximate surface area is 92.9 Å². The number of rotatable bonds is 5. The molecule has 1 heterocycles. The van der Waals surface area contributed by atoms with Crippen LogP contribution in [0.1, 0.15) is 18.5 Å². The lowest BCUT2D eigenvalue weighted by atomic mass is 10.1. The minimum atomic E-state index is -4.08. The molecule has 1 unspecified atom stereocenters. The van der Waals surface area contributed by atoms with Crippen LogP contribution in [0.3, 0.4) is 0 Å². The van der Waals surface area contributed by atoms with E-state index in [9.17, 15) is 13.2 Å². The lowest BCUT2D eigenvalue weighted by Crippen LogP contribution is -2.29. The van der Waals surface area contributed by atoms with Crippen molar-refractivity contribution in [2.45, 2.75) is 31.5 Å². The number of aromatic nitrogens is 1. The highest BCUT2D eigenvalue weighted by Crippen LogP contribution is 2.22. The Balaban J connectivity index is 2.44. The first-order valence-electron chi connectivity index (χ1n) is 5.15. The molecule has 0 amide bonds. The smallest absolute Gasteiger partial charge is 0.317 e. The van der Waals surface area contributed by atoms with E-state index in [0.29, 0.717) is 6.42 Å². The maximum Gasteiger partial charge on any atom is 0.389 e. The van der Waals surface area contributed by atoms with Crippen LogP contribution >= 0.6 is 0 Å². The zero-order chi connectivity index (χ0) is 12.0. The van der Waals surface area contributed by atoms with E-state index in [0.717, 1.165) is 5.69 Å². The molecule has 0 aliphatic carbocycles. The fraction of sp³-hybridized carbons (Fsp3) is 0.545. The Bertz CT molecular complexity index is 298. The Morgan fingerprint density at radius 2 is 2.12 bits per heavy atom. The van der Waals surface area contributed by atoms with Gasteiger partial charge < -0.3 is 5.32 Å². The van der Waals surface area contributed by atoms with Crippen LogP contribution in [0.15, 0.2) is 24.4 Å². The van der Waals surface area contributed by atoms with Gasteiger partial charge in [-0.25, -0.2) is 0 Å². The third kappa shape index (κ3) is 5.11. The summed E-state index contributed by atoms with van der Waals surface area (Å²) in [5.41, 5.74) is 0.809. The van der Waals surface area contributed by atoms with Crippen molar-refractivity contribution in [1.82, 2.24) is 10.3 Å². The first-order chi connectivity index (χ1) is 7.51. The second-order valence-corrected chi connectivity index (χ2v) is 3.66. The van der Waals surface area contributed by atoms with Gasteiger partial charge in [-0.05, 0) is 25.6 Å². The summed E-state index contributed by atoms with van der Waals surface area (Å²) in [4.78, 5) is 4.09. The molecule has 0 fully saturated rings. The Hall–Kier alpha value is -1.10. The van der Waals surface area contributed by atoms with Crippen molar-refractivity contribution in [3.63, 3.8) is 0 Å². The van der Waals surface area contributed by atoms with Gasteiger partial charge in [-0.1, -0.05) is 6.07 Å². The van der Waals surface area contributed by atoms with Crippen molar-refractivity contribution in [3.8, 4) is 0 Å². The molecule has 1 N–H and O–H groups in total. The summed E-state index contributed by atoms with van der Waals surface area (Å²) in [6.45, 7) is 0. The van der Waals surface area contributed by atoms with Crippen LogP contribution in [0.25, 0.3) is 0 Å². The molecule has 0 bridgehead atoms. The highest BCUT2D eigenvalue weighted by molar-refractivity contribution is 5.05. The first-order valence-corrected chi connectivity index (χ1v) is 5.15. The summed E-state index contributed by atoms with van der Waals surface area (Å²) in [5, 5.41) is 2.88. The topological polar surface area (TPSA) is 24.9 Å². The van der Waals surface area contributed by atoms with Crippen LogP contribution in [-0.4, -0.2) is 24.2 Å². The standard InChI is InChI=1S/C11H15F3N2/c1-15-9(5-6-11(12,13)14)8-10-4-2-3-7-16-10/h2-4,7,9,15H,5-6,8H2,1H3. The summed E-state index contributed by atoms with van der Waals surface area (Å²) < 4.78 is 36.1. The van der Waals surface area contributed by atoms with Gasteiger partial charge in [-0.15, -0.1) is 0 Å². The monoisotopic (exact) mass is 232 g/mol. The van der Waals surface area contributed by atoms with Crippen molar-refractivity contribution in [2.75, 3.05) is 7.05 Å². The van der Waals surface area contributed by atoms with Crippen LogP contribution < -0.4 is 5.32 Å². The second-order valence-electron chi connectivity index (χ2n) is 3.66. The molecule has 5 heteroatoms. The molecular weight excluding hydrogens is 217 g/mol. The number of nitrogens with zero attached hydrogens (tertiary/aromatic N) is 1. The minimum Gasteiger partial charge on any atom is -0.317 e. The molecule has 16 heavy (non-hydrogen) atoms. The Morgan fingerprint density at radius 3 is 2.62 bits per heavy atom. The summed E-state index contributed by atoms with van der Waals surface area (Å²) in [6, 6.07) is 5.25. The van der Waals surface area contributed by atoms with Gasteiger partial charge in [0, 0.05) is 30.8 Å². The van der Waals surface area contributed by atoms with E-state index in [4.69, 9.17) is 0 Å². The Morgan fingerprint density at radius 1 is 1.38 bits per heavy atom. The van der Waals surface area contributed by atoms with Crippen LogP contribution in [0.4, 0.5) is 13.2 Å². The minimum absolute atomic E-state index is 0.0799. The van der Waals surface area contributed by atoms with Gasteiger partial charge in [0.25, 0.3) is 0 Å². The number of pyridine rings is 1. The van der Waals surface area contributed by atoms with Gasteiger partial charge in [0.2, 0.25) is 0 Å². The fourth-order valence-corrected chi connectivity index (χ4v) is 1.46. The van der Waals surface area contributed by atoms with Crippen LogP contribution in [0.2, 0.25) is 0 Å². The summed E-state index contributed by atoms with van der Waals surface area (Å²) in [6.07, 6.45) is -2.60. The van der Waals surface area contributed by atoms with E-state index in [1.54, 1.807) is 19.3 Å². The molecular formula is C11H15F3N2. The average Bonchev–Trinajstić information content (AvgIpc) is 2.24. The molecule has 0 radical (unpaired) electrons. The molecule has 0 aromatic carbocycles. The van der Waals surface area contributed by atoms with E-state index in [2.05, 4.69) is 10.3 Å². The summed E-state index contributed by atoms with van der Waals surface area (Å²) in [5.74, 6) is 0. The molecule has 1 aromatic rings. The van der Waals surface area contributed by atoms with E-state index in [-0.39, 0.29) is 12.5 Å².